The molecule has 1 aromatic carbocycles. The molecule has 0 aliphatic carbocycles. The molecule has 1 aliphatic heterocycles. The Morgan fingerprint density at radius 1 is 1.18 bits per heavy atom. The summed E-state index contributed by atoms with van der Waals surface area (Å²) in [6, 6.07) is 3.74. The summed E-state index contributed by atoms with van der Waals surface area (Å²) < 4.78 is 40.1. The summed E-state index contributed by atoms with van der Waals surface area (Å²) >= 11 is 0. The van der Waals surface area contributed by atoms with Gasteiger partial charge in [-0.05, 0) is 43.0 Å². The number of nitrogens with one attached hydrogen (secondary N) is 1. The summed E-state index contributed by atoms with van der Waals surface area (Å²) in [6.45, 7) is 4.93. The van der Waals surface area contributed by atoms with Crippen LogP contribution in [0.2, 0.25) is 0 Å². The highest BCUT2D eigenvalue weighted by molar-refractivity contribution is 7.89. The van der Waals surface area contributed by atoms with Crippen LogP contribution in [0, 0.1) is 11.7 Å². The van der Waals surface area contributed by atoms with Gasteiger partial charge in [0.05, 0.1) is 4.90 Å². The second-order valence-corrected chi connectivity index (χ2v) is 7.54. The molecule has 0 saturated carbocycles. The summed E-state index contributed by atoms with van der Waals surface area (Å²) in [5, 5.41) is 0. The van der Waals surface area contributed by atoms with Gasteiger partial charge in [0.1, 0.15) is 11.9 Å². The maximum atomic E-state index is 12.9. The molecule has 22 heavy (non-hydrogen) atoms. The molecule has 1 fully saturated rings. The first kappa shape index (κ1) is 16.9. The molecule has 0 aromatic heterocycles. The maximum Gasteiger partial charge on any atom is 0.241 e. The highest BCUT2D eigenvalue weighted by Gasteiger charge is 2.32. The number of rotatable bonds is 5. The molecule has 1 aliphatic rings. The Hall–Kier alpha value is -1.47. The lowest BCUT2D eigenvalue weighted by Gasteiger charge is -2.26. The summed E-state index contributed by atoms with van der Waals surface area (Å²) in [6.07, 6.45) is 1.89. The molecule has 1 heterocycles. The molecule has 122 valence electrons. The summed E-state index contributed by atoms with van der Waals surface area (Å²) in [4.78, 5) is 14.1. The van der Waals surface area contributed by atoms with Crippen molar-refractivity contribution in [1.82, 2.24) is 9.62 Å². The van der Waals surface area contributed by atoms with E-state index in [-0.39, 0.29) is 16.7 Å². The molecule has 0 unspecified atom stereocenters. The van der Waals surface area contributed by atoms with Crippen LogP contribution in [-0.4, -0.2) is 38.4 Å². The molecule has 1 atom stereocenters. The topological polar surface area (TPSA) is 66.5 Å². The van der Waals surface area contributed by atoms with Crippen molar-refractivity contribution in [2.24, 2.45) is 5.92 Å². The Morgan fingerprint density at radius 3 is 2.23 bits per heavy atom. The fourth-order valence-corrected chi connectivity index (χ4v) is 3.79. The molecule has 0 spiro atoms. The van der Waals surface area contributed by atoms with E-state index < -0.39 is 21.9 Å². The van der Waals surface area contributed by atoms with Crippen LogP contribution in [0.4, 0.5) is 4.39 Å². The third kappa shape index (κ3) is 3.84. The van der Waals surface area contributed by atoms with E-state index in [0.29, 0.717) is 13.1 Å². The lowest BCUT2D eigenvalue weighted by molar-refractivity contribution is -0.132. The summed E-state index contributed by atoms with van der Waals surface area (Å²) in [7, 11) is -3.86. The monoisotopic (exact) mass is 328 g/mol. The fraction of sp³-hybridized carbons (Fsp3) is 0.533. The molecular weight excluding hydrogens is 307 g/mol. The number of carbonyl (C=O) groups is 1. The molecule has 1 aromatic rings. The Bertz CT molecular complexity index is 623. The minimum absolute atomic E-state index is 0.0474. The van der Waals surface area contributed by atoms with Crippen molar-refractivity contribution in [3.05, 3.63) is 30.1 Å². The first-order valence-electron chi connectivity index (χ1n) is 7.38. The molecular formula is C15H21FN2O3S. The van der Waals surface area contributed by atoms with Gasteiger partial charge in [0.25, 0.3) is 0 Å². The number of sulfonamides is 1. The van der Waals surface area contributed by atoms with Gasteiger partial charge in [0, 0.05) is 13.1 Å². The van der Waals surface area contributed by atoms with E-state index in [0.717, 1.165) is 25.0 Å². The van der Waals surface area contributed by atoms with Gasteiger partial charge in [0.15, 0.2) is 0 Å². The second kappa shape index (κ2) is 6.75. The maximum absolute atomic E-state index is 12.9. The quantitative estimate of drug-likeness (QED) is 0.895. The summed E-state index contributed by atoms with van der Waals surface area (Å²) in [5.74, 6) is -0.881. The number of likely N-dealkylation sites (tertiary alicyclic amines) is 1. The molecule has 1 saturated heterocycles. The lowest BCUT2D eigenvalue weighted by atomic mass is 10.0. The van der Waals surface area contributed by atoms with Gasteiger partial charge in [-0.2, -0.15) is 4.72 Å². The van der Waals surface area contributed by atoms with E-state index in [2.05, 4.69) is 4.72 Å². The lowest BCUT2D eigenvalue weighted by Crippen LogP contribution is -2.50. The van der Waals surface area contributed by atoms with Crippen molar-refractivity contribution in [3.63, 3.8) is 0 Å². The van der Waals surface area contributed by atoms with Gasteiger partial charge in [-0.3, -0.25) is 4.79 Å². The van der Waals surface area contributed by atoms with Gasteiger partial charge < -0.3 is 4.90 Å². The summed E-state index contributed by atoms with van der Waals surface area (Å²) in [5.41, 5.74) is 0. The van der Waals surface area contributed by atoms with Crippen LogP contribution in [0.25, 0.3) is 0 Å². The highest BCUT2D eigenvalue weighted by atomic mass is 32.2. The number of benzene rings is 1. The van der Waals surface area contributed by atoms with Gasteiger partial charge in [0.2, 0.25) is 15.9 Å². The van der Waals surface area contributed by atoms with Crippen molar-refractivity contribution in [3.8, 4) is 0 Å². The van der Waals surface area contributed by atoms with E-state index in [9.17, 15) is 17.6 Å². The minimum atomic E-state index is -3.86. The van der Waals surface area contributed by atoms with Crippen molar-refractivity contribution in [1.29, 1.82) is 0 Å². The average molecular weight is 328 g/mol. The van der Waals surface area contributed by atoms with Crippen LogP contribution >= 0.6 is 0 Å². The first-order chi connectivity index (χ1) is 10.3. The normalized spacial score (nSPS) is 17.0. The zero-order valence-corrected chi connectivity index (χ0v) is 13.6. The van der Waals surface area contributed by atoms with Gasteiger partial charge >= 0.3 is 0 Å². The molecule has 1 amide bonds. The van der Waals surface area contributed by atoms with Crippen LogP contribution in [0.15, 0.2) is 29.2 Å². The SMILES string of the molecule is CC(C)[C@@H](NS(=O)(=O)c1ccc(F)cc1)C(=O)N1CCCC1. The van der Waals surface area contributed by atoms with Crippen molar-refractivity contribution in [2.45, 2.75) is 37.6 Å². The standard InChI is InChI=1S/C15H21FN2O3S/c1-11(2)14(15(19)18-9-3-4-10-18)17-22(20,21)13-7-5-12(16)6-8-13/h5-8,11,14,17H,3-4,9-10H2,1-2H3/t14-/m1/s1. The molecule has 2 rings (SSSR count). The van der Waals surface area contributed by atoms with Crippen LogP contribution in [-0.2, 0) is 14.8 Å². The van der Waals surface area contributed by atoms with E-state index in [4.69, 9.17) is 0 Å². The van der Waals surface area contributed by atoms with E-state index in [1.54, 1.807) is 18.7 Å². The number of halogens is 1. The zero-order chi connectivity index (χ0) is 16.3. The third-order valence-electron chi connectivity index (χ3n) is 3.76. The van der Waals surface area contributed by atoms with E-state index in [1.807, 2.05) is 0 Å². The van der Waals surface area contributed by atoms with Crippen LogP contribution < -0.4 is 4.72 Å². The van der Waals surface area contributed by atoms with Gasteiger partial charge in [-0.25, -0.2) is 12.8 Å². The van der Waals surface area contributed by atoms with E-state index >= 15 is 0 Å². The van der Waals surface area contributed by atoms with Crippen LogP contribution in [0.3, 0.4) is 0 Å². The number of nitrogens with zero attached hydrogens (tertiary/aromatic N) is 1. The predicted molar refractivity (Wildman–Crippen MR) is 81.2 cm³/mol. The Labute approximate surface area is 130 Å². The number of hydrogen-bond donors (Lipinski definition) is 1. The van der Waals surface area contributed by atoms with Crippen molar-refractivity contribution in [2.75, 3.05) is 13.1 Å². The molecule has 0 bridgehead atoms. The van der Waals surface area contributed by atoms with Crippen molar-refractivity contribution >= 4 is 15.9 Å². The third-order valence-corrected chi connectivity index (χ3v) is 5.21. The predicted octanol–water partition coefficient (Wildman–Crippen LogP) is 1.75. The van der Waals surface area contributed by atoms with Crippen molar-refractivity contribution < 1.29 is 17.6 Å². The highest BCUT2D eigenvalue weighted by Crippen LogP contribution is 2.16. The first-order valence-corrected chi connectivity index (χ1v) is 8.86. The Balaban J connectivity index is 2.19. The number of hydrogen-bond acceptors (Lipinski definition) is 3. The zero-order valence-electron chi connectivity index (χ0n) is 12.8. The average Bonchev–Trinajstić information content (AvgIpc) is 2.98. The Morgan fingerprint density at radius 2 is 1.73 bits per heavy atom. The van der Waals surface area contributed by atoms with Gasteiger partial charge in [-0.1, -0.05) is 13.8 Å². The van der Waals surface area contributed by atoms with Gasteiger partial charge in [-0.15, -0.1) is 0 Å². The number of amides is 1. The molecule has 0 radical (unpaired) electrons. The van der Waals surface area contributed by atoms with Crippen LogP contribution in [0.1, 0.15) is 26.7 Å². The molecule has 7 heteroatoms. The minimum Gasteiger partial charge on any atom is -0.341 e. The second-order valence-electron chi connectivity index (χ2n) is 5.83. The van der Waals surface area contributed by atoms with E-state index in [1.165, 1.54) is 12.1 Å². The Kier molecular flexibility index (Phi) is 5.18. The smallest absolute Gasteiger partial charge is 0.241 e. The molecule has 5 nitrogen and oxygen atoms in total. The number of carbonyl (C=O) groups excluding carboxylic acids is 1. The molecule has 1 N–H and O–H groups in total. The fourth-order valence-electron chi connectivity index (χ4n) is 2.45. The largest absolute Gasteiger partial charge is 0.341 e. The van der Waals surface area contributed by atoms with Crippen LogP contribution in [0.5, 0.6) is 0 Å².